The Morgan fingerprint density at radius 2 is 0.606 bits per heavy atom. The molecule has 1 atom stereocenters. The molecule has 0 saturated heterocycles. The van der Waals surface area contributed by atoms with E-state index in [1.54, 1.807) is 0 Å². The van der Waals surface area contributed by atoms with Crippen molar-refractivity contribution in [2.24, 2.45) is 0 Å². The molecule has 0 aliphatic carbocycles. The van der Waals surface area contributed by atoms with Gasteiger partial charge in [0.05, 0.1) is 0 Å². The number of fused-ring (bicyclic) bond motifs is 2. The van der Waals surface area contributed by atoms with Crippen molar-refractivity contribution in [3.05, 3.63) is 146 Å². The van der Waals surface area contributed by atoms with Crippen molar-refractivity contribution < 1.29 is 0 Å². The average Bonchev–Trinajstić information content (AvgIpc) is 2.89. The highest BCUT2D eigenvalue weighted by atomic mass is 31.0. The van der Waals surface area contributed by atoms with Crippen LogP contribution in [0, 0.1) is 0 Å². The summed E-state index contributed by atoms with van der Waals surface area (Å²) in [5, 5.41) is 5.20. The van der Waals surface area contributed by atoms with E-state index in [1.807, 2.05) is 12.1 Å². The molecule has 0 aliphatic rings. The second-order valence-corrected chi connectivity index (χ2v) is 7.79. The first kappa shape index (κ1) is 22.5. The summed E-state index contributed by atoms with van der Waals surface area (Å²) >= 11 is 0. The second-order valence-electron chi connectivity index (χ2n) is 7.79. The lowest BCUT2D eigenvalue weighted by atomic mass is 9.94. The van der Waals surface area contributed by atoms with Crippen molar-refractivity contribution in [3.8, 4) is 22.3 Å². The summed E-state index contributed by atoms with van der Waals surface area (Å²) in [4.78, 5) is 0. The van der Waals surface area contributed by atoms with Crippen molar-refractivity contribution >= 4 is 31.4 Å². The van der Waals surface area contributed by atoms with Crippen molar-refractivity contribution in [2.75, 3.05) is 0 Å². The summed E-state index contributed by atoms with van der Waals surface area (Å²) in [6.45, 7) is 0. The van der Waals surface area contributed by atoms with Gasteiger partial charge in [-0.1, -0.05) is 146 Å². The third-order valence-corrected chi connectivity index (χ3v) is 5.75. The van der Waals surface area contributed by atoms with Crippen LogP contribution in [0.15, 0.2) is 146 Å². The largest absolute Gasteiger partial charge is 0.153 e. The van der Waals surface area contributed by atoms with Crippen LogP contribution in [0.25, 0.3) is 43.8 Å². The molecule has 0 bridgehead atoms. The Morgan fingerprint density at radius 3 is 1.03 bits per heavy atom. The van der Waals surface area contributed by atoms with Crippen LogP contribution in [0.1, 0.15) is 0 Å². The highest BCUT2D eigenvalue weighted by molar-refractivity contribution is 6.92. The Labute approximate surface area is 199 Å². The monoisotopic (exact) mass is 442 g/mol. The molecular formula is C32H27P. The fourth-order valence-corrected chi connectivity index (χ4v) is 4.18. The maximum atomic E-state index is 2.21. The topological polar surface area (TPSA) is 0 Å². The number of rotatable bonds is 2. The predicted octanol–water partition coefficient (Wildman–Crippen LogP) is 9.07. The van der Waals surface area contributed by atoms with Gasteiger partial charge in [-0.25, -0.2) is 0 Å². The van der Waals surface area contributed by atoms with E-state index in [-0.39, 0.29) is 9.90 Å². The third-order valence-electron chi connectivity index (χ3n) is 5.75. The third kappa shape index (κ3) is 5.03. The van der Waals surface area contributed by atoms with Crippen LogP contribution in [0.5, 0.6) is 0 Å². The Hall–Kier alpha value is -3.73. The molecule has 6 rings (SSSR count). The van der Waals surface area contributed by atoms with Gasteiger partial charge in [0.15, 0.2) is 0 Å². The second kappa shape index (κ2) is 10.7. The Balaban J connectivity index is 0.000000172. The first-order valence-corrected chi connectivity index (χ1v) is 11.0. The molecule has 0 amide bonds. The van der Waals surface area contributed by atoms with Crippen LogP contribution >= 0.6 is 9.90 Å². The van der Waals surface area contributed by atoms with Crippen LogP contribution in [0.2, 0.25) is 0 Å². The summed E-state index contributed by atoms with van der Waals surface area (Å²) < 4.78 is 0. The van der Waals surface area contributed by atoms with Gasteiger partial charge >= 0.3 is 0 Å². The molecule has 0 radical (unpaired) electrons. The lowest BCUT2D eigenvalue weighted by molar-refractivity contribution is 1.62. The Kier molecular flexibility index (Phi) is 7.30. The zero-order chi connectivity index (χ0) is 21.6. The molecule has 0 aromatic heterocycles. The van der Waals surface area contributed by atoms with Gasteiger partial charge in [0.2, 0.25) is 0 Å². The van der Waals surface area contributed by atoms with Gasteiger partial charge in [0, 0.05) is 0 Å². The van der Waals surface area contributed by atoms with Gasteiger partial charge in [-0.2, -0.15) is 9.90 Å². The maximum Gasteiger partial charge on any atom is -0.00992 e. The summed E-state index contributed by atoms with van der Waals surface area (Å²) in [6, 6.07) is 51.0. The lowest BCUT2D eigenvalue weighted by Crippen LogP contribution is -1.83. The predicted molar refractivity (Wildman–Crippen MR) is 150 cm³/mol. The quantitative estimate of drug-likeness (QED) is 0.235. The van der Waals surface area contributed by atoms with Gasteiger partial charge in [0.1, 0.15) is 0 Å². The minimum atomic E-state index is 0. The maximum absolute atomic E-state index is 2.21. The smallest absolute Gasteiger partial charge is 0.00992 e. The molecule has 0 aliphatic heterocycles. The molecule has 0 fully saturated rings. The molecule has 6 aromatic carbocycles. The van der Waals surface area contributed by atoms with Crippen LogP contribution < -0.4 is 0 Å². The number of benzene rings is 6. The molecule has 1 heteroatoms. The zero-order valence-electron chi connectivity index (χ0n) is 18.6. The molecule has 0 N–H and O–H groups in total. The van der Waals surface area contributed by atoms with Crippen molar-refractivity contribution in [1.82, 2.24) is 0 Å². The van der Waals surface area contributed by atoms with Gasteiger partial charge in [0.25, 0.3) is 0 Å². The first-order valence-electron chi connectivity index (χ1n) is 11.0. The molecule has 0 heterocycles. The summed E-state index contributed by atoms with van der Waals surface area (Å²) in [7, 11) is 0. The molecular weight excluding hydrogens is 415 g/mol. The fourth-order valence-electron chi connectivity index (χ4n) is 4.18. The van der Waals surface area contributed by atoms with E-state index in [9.17, 15) is 0 Å². The van der Waals surface area contributed by atoms with Crippen molar-refractivity contribution in [1.29, 1.82) is 0 Å². The SMILES string of the molecule is P.c1ccc(-c2ccccc2)cc1.c1ccc2c(-c3cccc4ccccc34)cccc2c1. The summed E-state index contributed by atoms with van der Waals surface area (Å²) in [6.07, 6.45) is 0. The van der Waals surface area contributed by atoms with Crippen LogP contribution in [-0.4, -0.2) is 0 Å². The number of hydrogen-bond donors (Lipinski definition) is 0. The van der Waals surface area contributed by atoms with Crippen molar-refractivity contribution in [3.63, 3.8) is 0 Å². The van der Waals surface area contributed by atoms with Crippen LogP contribution in [0.3, 0.4) is 0 Å². The summed E-state index contributed by atoms with van der Waals surface area (Å²) in [5.41, 5.74) is 5.16. The van der Waals surface area contributed by atoms with E-state index >= 15 is 0 Å². The van der Waals surface area contributed by atoms with Crippen molar-refractivity contribution in [2.45, 2.75) is 0 Å². The molecule has 0 nitrogen and oxygen atoms in total. The minimum absolute atomic E-state index is 0. The average molecular weight is 443 g/mol. The van der Waals surface area contributed by atoms with Gasteiger partial charge < -0.3 is 0 Å². The highest BCUT2D eigenvalue weighted by Gasteiger charge is 2.06. The normalized spacial score (nSPS) is 10.2. The van der Waals surface area contributed by atoms with E-state index in [0.29, 0.717) is 0 Å². The van der Waals surface area contributed by atoms with Gasteiger partial charge in [-0.15, -0.1) is 0 Å². The molecule has 0 spiro atoms. The standard InChI is InChI=1S/C20H14.C12H10.H3P/c1-3-11-17-15(7-1)9-5-13-19(17)20-14-6-10-16-8-2-4-12-18(16)20;1-3-7-11(8-4-1)12-9-5-2-6-10-12;/h1-14H;1-10H;1H3. The van der Waals surface area contributed by atoms with E-state index in [0.717, 1.165) is 0 Å². The van der Waals surface area contributed by atoms with Gasteiger partial charge in [-0.3, -0.25) is 0 Å². The van der Waals surface area contributed by atoms with E-state index in [2.05, 4.69) is 133 Å². The van der Waals surface area contributed by atoms with E-state index in [1.165, 1.54) is 43.8 Å². The van der Waals surface area contributed by atoms with Crippen LogP contribution in [-0.2, 0) is 0 Å². The highest BCUT2D eigenvalue weighted by Crippen LogP contribution is 2.33. The molecule has 0 saturated carbocycles. The summed E-state index contributed by atoms with van der Waals surface area (Å²) in [5.74, 6) is 0. The molecule has 33 heavy (non-hydrogen) atoms. The zero-order valence-corrected chi connectivity index (χ0v) is 20.0. The number of hydrogen-bond acceptors (Lipinski definition) is 0. The molecule has 6 aromatic rings. The Bertz CT molecular complexity index is 1330. The fraction of sp³-hybridized carbons (Fsp3) is 0. The first-order chi connectivity index (χ1) is 15.9. The van der Waals surface area contributed by atoms with E-state index in [4.69, 9.17) is 0 Å². The molecule has 160 valence electrons. The van der Waals surface area contributed by atoms with E-state index < -0.39 is 0 Å². The van der Waals surface area contributed by atoms with Crippen LogP contribution in [0.4, 0.5) is 0 Å². The molecule has 1 unspecified atom stereocenters. The Morgan fingerprint density at radius 1 is 0.273 bits per heavy atom. The van der Waals surface area contributed by atoms with Gasteiger partial charge in [-0.05, 0) is 43.8 Å². The lowest BCUT2D eigenvalue weighted by Gasteiger charge is -2.10. The minimum Gasteiger partial charge on any atom is -0.153 e.